The lowest BCUT2D eigenvalue weighted by Gasteiger charge is -2.12. The molecule has 0 N–H and O–H groups in total. The van der Waals surface area contributed by atoms with Crippen LogP contribution in [-0.2, 0) is 0 Å². The van der Waals surface area contributed by atoms with Crippen LogP contribution in [0.4, 0.5) is 0 Å². The van der Waals surface area contributed by atoms with Crippen molar-refractivity contribution in [3.8, 4) is 0 Å². The zero-order valence-electron chi connectivity index (χ0n) is 8.33. The highest BCUT2D eigenvalue weighted by Crippen LogP contribution is 1.98. The summed E-state index contributed by atoms with van der Waals surface area (Å²) in [6.45, 7) is 6.90. The van der Waals surface area contributed by atoms with Gasteiger partial charge in [0.15, 0.2) is 0 Å². The summed E-state index contributed by atoms with van der Waals surface area (Å²) >= 11 is 0. The normalized spacial score (nSPS) is 14.7. The molecule has 0 spiro atoms. The molecular formula is C11H19N. The van der Waals surface area contributed by atoms with E-state index in [2.05, 4.69) is 44.6 Å². The van der Waals surface area contributed by atoms with Gasteiger partial charge in [0.25, 0.3) is 0 Å². The molecule has 1 heteroatoms. The average molecular weight is 165 g/mol. The van der Waals surface area contributed by atoms with Crippen molar-refractivity contribution < 1.29 is 0 Å². The highest BCUT2D eigenvalue weighted by atomic mass is 15.0. The lowest BCUT2D eigenvalue weighted by molar-refractivity contribution is 0.371. The van der Waals surface area contributed by atoms with E-state index in [1.165, 1.54) is 0 Å². The van der Waals surface area contributed by atoms with E-state index < -0.39 is 0 Å². The molecule has 1 unspecified atom stereocenters. The van der Waals surface area contributed by atoms with Crippen LogP contribution in [0.5, 0.6) is 0 Å². The highest BCUT2D eigenvalue weighted by Gasteiger charge is 1.96. The van der Waals surface area contributed by atoms with Crippen molar-refractivity contribution in [2.24, 2.45) is 5.92 Å². The molecule has 0 rings (SSSR count). The molecule has 68 valence electrons. The van der Waals surface area contributed by atoms with Crippen LogP contribution in [0.25, 0.3) is 0 Å². The molecule has 0 fully saturated rings. The van der Waals surface area contributed by atoms with Crippen LogP contribution in [0.3, 0.4) is 0 Å². The maximum absolute atomic E-state index is 3.60. The van der Waals surface area contributed by atoms with Gasteiger partial charge in [-0.2, -0.15) is 0 Å². The van der Waals surface area contributed by atoms with Gasteiger partial charge >= 0.3 is 0 Å². The number of rotatable bonds is 5. The van der Waals surface area contributed by atoms with Gasteiger partial charge in [-0.1, -0.05) is 43.9 Å². The highest BCUT2D eigenvalue weighted by molar-refractivity contribution is 5.09. The fraction of sp³-hybridized carbons (Fsp3) is 0.455. The summed E-state index contributed by atoms with van der Waals surface area (Å²) < 4.78 is 0. The maximum atomic E-state index is 3.60. The second-order valence-electron chi connectivity index (χ2n) is 3.25. The van der Waals surface area contributed by atoms with Gasteiger partial charge in [-0.25, -0.2) is 0 Å². The summed E-state index contributed by atoms with van der Waals surface area (Å²) in [5.41, 5.74) is 0. The molecule has 0 aliphatic heterocycles. The van der Waals surface area contributed by atoms with Crippen LogP contribution < -0.4 is 0 Å². The van der Waals surface area contributed by atoms with Crippen molar-refractivity contribution >= 4 is 0 Å². The zero-order valence-corrected chi connectivity index (χ0v) is 8.33. The van der Waals surface area contributed by atoms with Crippen molar-refractivity contribution in [3.63, 3.8) is 0 Å². The van der Waals surface area contributed by atoms with E-state index in [4.69, 9.17) is 0 Å². The first-order valence-corrected chi connectivity index (χ1v) is 4.27. The SMILES string of the molecule is C=C/C=C\C=C/C(C)CN(C)C. The Morgan fingerprint density at radius 3 is 2.42 bits per heavy atom. The Morgan fingerprint density at radius 1 is 1.25 bits per heavy atom. The topological polar surface area (TPSA) is 3.24 Å². The van der Waals surface area contributed by atoms with Gasteiger partial charge in [-0.05, 0) is 20.0 Å². The number of allylic oxidation sites excluding steroid dienone is 4. The monoisotopic (exact) mass is 165 g/mol. The smallest absolute Gasteiger partial charge is 0.00357 e. The first-order chi connectivity index (χ1) is 5.66. The molecule has 0 aromatic heterocycles. The standard InChI is InChI=1S/C11H19N/c1-5-6-7-8-9-11(2)10-12(3)4/h5-9,11H,1,10H2,2-4H3/b7-6-,9-8-. The van der Waals surface area contributed by atoms with Crippen molar-refractivity contribution in [2.45, 2.75) is 6.92 Å². The predicted molar refractivity (Wildman–Crippen MR) is 56.2 cm³/mol. The van der Waals surface area contributed by atoms with Crippen LogP contribution >= 0.6 is 0 Å². The van der Waals surface area contributed by atoms with Crippen LogP contribution in [0.15, 0.2) is 37.0 Å². The largest absolute Gasteiger partial charge is 0.309 e. The minimum absolute atomic E-state index is 0.606. The zero-order chi connectivity index (χ0) is 9.40. The summed E-state index contributed by atoms with van der Waals surface area (Å²) in [5.74, 6) is 0.606. The lowest BCUT2D eigenvalue weighted by atomic mass is 10.1. The summed E-state index contributed by atoms with van der Waals surface area (Å²) in [5, 5.41) is 0. The van der Waals surface area contributed by atoms with Gasteiger partial charge in [0.1, 0.15) is 0 Å². The van der Waals surface area contributed by atoms with Crippen LogP contribution in [-0.4, -0.2) is 25.5 Å². The maximum Gasteiger partial charge on any atom is 0.00357 e. The number of nitrogens with zero attached hydrogens (tertiary/aromatic N) is 1. The Balaban J connectivity index is 3.67. The fourth-order valence-corrected chi connectivity index (χ4v) is 1.03. The van der Waals surface area contributed by atoms with Gasteiger partial charge in [0, 0.05) is 6.54 Å². The van der Waals surface area contributed by atoms with Gasteiger partial charge in [-0.3, -0.25) is 0 Å². The van der Waals surface area contributed by atoms with E-state index in [0.29, 0.717) is 5.92 Å². The molecule has 0 heterocycles. The molecule has 0 aromatic carbocycles. The van der Waals surface area contributed by atoms with Crippen LogP contribution in [0.1, 0.15) is 6.92 Å². The van der Waals surface area contributed by atoms with E-state index in [-0.39, 0.29) is 0 Å². The molecule has 0 saturated heterocycles. The third-order valence-corrected chi connectivity index (χ3v) is 1.45. The van der Waals surface area contributed by atoms with Crippen molar-refractivity contribution in [2.75, 3.05) is 20.6 Å². The van der Waals surface area contributed by atoms with E-state index in [1.54, 1.807) is 6.08 Å². The molecule has 1 atom stereocenters. The second-order valence-corrected chi connectivity index (χ2v) is 3.25. The second kappa shape index (κ2) is 6.86. The quantitative estimate of drug-likeness (QED) is 0.566. The molecule has 0 bridgehead atoms. The first kappa shape index (κ1) is 11.2. The molecule has 1 nitrogen and oxygen atoms in total. The molecule has 0 saturated carbocycles. The van der Waals surface area contributed by atoms with E-state index in [1.807, 2.05) is 12.2 Å². The summed E-state index contributed by atoms with van der Waals surface area (Å²) in [4.78, 5) is 2.19. The lowest BCUT2D eigenvalue weighted by Crippen LogP contribution is -2.18. The predicted octanol–water partition coefficient (Wildman–Crippen LogP) is 2.48. The molecular weight excluding hydrogens is 146 g/mol. The molecule has 0 aromatic rings. The summed E-state index contributed by atoms with van der Waals surface area (Å²) in [6.07, 6.45) is 9.97. The fourth-order valence-electron chi connectivity index (χ4n) is 1.03. The van der Waals surface area contributed by atoms with Gasteiger partial charge in [-0.15, -0.1) is 0 Å². The van der Waals surface area contributed by atoms with Crippen molar-refractivity contribution in [1.29, 1.82) is 0 Å². The Kier molecular flexibility index (Phi) is 6.39. The van der Waals surface area contributed by atoms with E-state index in [0.717, 1.165) is 6.54 Å². The van der Waals surface area contributed by atoms with Gasteiger partial charge in [0.2, 0.25) is 0 Å². The average Bonchev–Trinajstić information content (AvgIpc) is 1.97. The Bertz CT molecular complexity index is 166. The third-order valence-electron chi connectivity index (χ3n) is 1.45. The molecule has 0 aliphatic rings. The number of hydrogen-bond acceptors (Lipinski definition) is 1. The first-order valence-electron chi connectivity index (χ1n) is 4.27. The van der Waals surface area contributed by atoms with Gasteiger partial charge in [0.05, 0.1) is 0 Å². The minimum Gasteiger partial charge on any atom is -0.309 e. The summed E-state index contributed by atoms with van der Waals surface area (Å²) in [7, 11) is 4.17. The van der Waals surface area contributed by atoms with E-state index in [9.17, 15) is 0 Å². The Morgan fingerprint density at radius 2 is 1.92 bits per heavy atom. The molecule has 0 amide bonds. The van der Waals surface area contributed by atoms with Crippen molar-refractivity contribution in [1.82, 2.24) is 4.90 Å². The Labute approximate surface area is 76.1 Å². The number of hydrogen-bond donors (Lipinski definition) is 0. The molecule has 0 aliphatic carbocycles. The van der Waals surface area contributed by atoms with Crippen LogP contribution in [0.2, 0.25) is 0 Å². The minimum atomic E-state index is 0.606. The van der Waals surface area contributed by atoms with Crippen LogP contribution in [0, 0.1) is 5.92 Å². The Hall–Kier alpha value is -0.820. The third kappa shape index (κ3) is 7.29. The van der Waals surface area contributed by atoms with E-state index >= 15 is 0 Å². The van der Waals surface area contributed by atoms with Gasteiger partial charge < -0.3 is 4.90 Å². The van der Waals surface area contributed by atoms with Crippen molar-refractivity contribution in [3.05, 3.63) is 37.0 Å². The molecule has 12 heavy (non-hydrogen) atoms. The molecule has 0 radical (unpaired) electrons. The summed E-state index contributed by atoms with van der Waals surface area (Å²) in [6, 6.07) is 0.